The fourth-order valence-electron chi connectivity index (χ4n) is 4.16. The van der Waals surface area contributed by atoms with Crippen LogP contribution in [0.1, 0.15) is 22.2 Å². The number of rotatable bonds is 5. The van der Waals surface area contributed by atoms with Crippen LogP contribution in [-0.4, -0.2) is 68.7 Å². The summed E-state index contributed by atoms with van der Waals surface area (Å²) in [5, 5.41) is 8.47. The molecular weight excluding hydrogens is 414 g/mol. The van der Waals surface area contributed by atoms with Gasteiger partial charge in [0.05, 0.1) is 23.6 Å². The van der Waals surface area contributed by atoms with Gasteiger partial charge in [0.15, 0.2) is 0 Å². The van der Waals surface area contributed by atoms with E-state index in [1.165, 1.54) is 0 Å². The lowest BCUT2D eigenvalue weighted by molar-refractivity contribution is 0.0709. The highest BCUT2D eigenvalue weighted by atomic mass is 16.1. The van der Waals surface area contributed by atoms with Crippen molar-refractivity contribution in [1.82, 2.24) is 34.9 Å². The minimum atomic E-state index is -0.321. The average Bonchev–Trinajstić information content (AvgIpc) is 3.29. The minimum absolute atomic E-state index is 0.108. The zero-order chi connectivity index (χ0) is 22.8. The summed E-state index contributed by atoms with van der Waals surface area (Å²) in [6, 6.07) is 13.5. The summed E-state index contributed by atoms with van der Waals surface area (Å²) in [5.41, 5.74) is 4.27. The zero-order valence-corrected chi connectivity index (χ0v) is 18.8. The van der Waals surface area contributed by atoms with Gasteiger partial charge in [-0.15, -0.1) is 0 Å². The van der Waals surface area contributed by atoms with Gasteiger partial charge < -0.3 is 10.2 Å². The van der Waals surface area contributed by atoms with Gasteiger partial charge >= 0.3 is 0 Å². The highest BCUT2D eigenvalue weighted by Gasteiger charge is 2.27. The number of carbonyl (C=O) groups excluding carboxylic acids is 1. The van der Waals surface area contributed by atoms with Crippen LogP contribution in [0.4, 0.5) is 0 Å². The zero-order valence-electron chi connectivity index (χ0n) is 18.8. The first kappa shape index (κ1) is 21.2. The molecule has 1 amide bonds. The molecule has 1 fully saturated rings. The van der Waals surface area contributed by atoms with Crippen LogP contribution < -0.4 is 5.32 Å². The van der Waals surface area contributed by atoms with Crippen molar-refractivity contribution in [3.8, 4) is 11.1 Å². The number of likely N-dealkylation sites (N-methyl/N-ethyl adjacent to an activating group) is 1. The molecule has 0 spiro atoms. The van der Waals surface area contributed by atoms with Crippen molar-refractivity contribution in [3.05, 3.63) is 78.5 Å². The summed E-state index contributed by atoms with van der Waals surface area (Å²) in [6.07, 6.45) is 7.11. The second-order valence-corrected chi connectivity index (χ2v) is 8.51. The molecule has 0 saturated carbocycles. The Hall–Kier alpha value is -3.62. The molecule has 4 heterocycles. The smallest absolute Gasteiger partial charge is 0.252 e. The van der Waals surface area contributed by atoms with E-state index in [0.29, 0.717) is 5.56 Å². The number of fused-ring (bicyclic) bond motifs is 1. The first-order valence-electron chi connectivity index (χ1n) is 11.1. The standard InChI is InChI=1S/C25H27N7O/c1-30-8-10-32(11-9-30)24(29-25(33)18-6-4-3-5-7-18)22-13-19-12-20(14-26-23(19)16-27-22)21-15-28-31(2)17-21/h3-7,12-17,24H,8-11H2,1-2H3,(H,29,33). The lowest BCUT2D eigenvalue weighted by atomic mass is 10.1. The number of aryl methyl sites for hydroxylation is 1. The Kier molecular flexibility index (Phi) is 5.85. The Morgan fingerprint density at radius 1 is 0.939 bits per heavy atom. The maximum atomic E-state index is 13.0. The molecule has 1 unspecified atom stereocenters. The lowest BCUT2D eigenvalue weighted by Gasteiger charge is -2.38. The van der Waals surface area contributed by atoms with Crippen LogP contribution >= 0.6 is 0 Å². The van der Waals surface area contributed by atoms with Gasteiger partial charge in [-0.2, -0.15) is 5.10 Å². The number of pyridine rings is 2. The molecule has 0 radical (unpaired) electrons. The van der Waals surface area contributed by atoms with Gasteiger partial charge in [-0.25, -0.2) is 0 Å². The lowest BCUT2D eigenvalue weighted by Crippen LogP contribution is -2.50. The second kappa shape index (κ2) is 9.09. The molecule has 1 N–H and O–H groups in total. The van der Waals surface area contributed by atoms with E-state index in [1.54, 1.807) is 10.9 Å². The largest absolute Gasteiger partial charge is 0.331 e. The molecule has 0 aliphatic carbocycles. The summed E-state index contributed by atoms with van der Waals surface area (Å²) in [4.78, 5) is 26.9. The Bertz CT molecular complexity index is 1260. The van der Waals surface area contributed by atoms with E-state index in [-0.39, 0.29) is 12.1 Å². The normalized spacial score (nSPS) is 16.1. The van der Waals surface area contributed by atoms with Gasteiger partial charge in [-0.1, -0.05) is 18.2 Å². The van der Waals surface area contributed by atoms with Crippen molar-refractivity contribution < 1.29 is 4.79 Å². The van der Waals surface area contributed by atoms with Crippen LogP contribution in [-0.2, 0) is 7.05 Å². The van der Waals surface area contributed by atoms with E-state index in [0.717, 1.165) is 53.9 Å². The molecule has 4 aromatic rings. The Morgan fingerprint density at radius 2 is 1.73 bits per heavy atom. The van der Waals surface area contributed by atoms with E-state index < -0.39 is 0 Å². The van der Waals surface area contributed by atoms with Crippen LogP contribution in [0.3, 0.4) is 0 Å². The van der Waals surface area contributed by atoms with E-state index in [2.05, 4.69) is 38.3 Å². The number of amides is 1. The van der Waals surface area contributed by atoms with Crippen molar-refractivity contribution in [2.45, 2.75) is 6.17 Å². The number of hydrogen-bond acceptors (Lipinski definition) is 6. The summed E-state index contributed by atoms with van der Waals surface area (Å²) in [5.74, 6) is -0.108. The molecule has 3 aromatic heterocycles. The summed E-state index contributed by atoms with van der Waals surface area (Å²) in [6.45, 7) is 3.59. The summed E-state index contributed by atoms with van der Waals surface area (Å²) >= 11 is 0. The predicted octanol–water partition coefficient (Wildman–Crippen LogP) is 2.71. The van der Waals surface area contributed by atoms with Crippen molar-refractivity contribution in [1.29, 1.82) is 0 Å². The number of benzene rings is 1. The molecule has 1 aromatic carbocycles. The number of hydrogen-bond donors (Lipinski definition) is 1. The van der Waals surface area contributed by atoms with Crippen LogP contribution in [0.25, 0.3) is 22.0 Å². The first-order chi connectivity index (χ1) is 16.1. The maximum absolute atomic E-state index is 13.0. The van der Waals surface area contributed by atoms with Crippen molar-refractivity contribution in [3.63, 3.8) is 0 Å². The quantitative estimate of drug-likeness (QED) is 0.513. The number of aromatic nitrogens is 4. The van der Waals surface area contributed by atoms with Gasteiger partial charge in [0.1, 0.15) is 6.17 Å². The van der Waals surface area contributed by atoms with Crippen LogP contribution in [0.5, 0.6) is 0 Å². The first-order valence-corrected chi connectivity index (χ1v) is 11.1. The summed E-state index contributed by atoms with van der Waals surface area (Å²) < 4.78 is 1.78. The third-order valence-corrected chi connectivity index (χ3v) is 6.11. The Labute approximate surface area is 192 Å². The third-order valence-electron chi connectivity index (χ3n) is 6.11. The number of nitrogens with zero attached hydrogens (tertiary/aromatic N) is 6. The molecule has 1 saturated heterocycles. The van der Waals surface area contributed by atoms with E-state index in [4.69, 9.17) is 4.98 Å². The fraction of sp³-hybridized carbons (Fsp3) is 0.280. The van der Waals surface area contributed by atoms with E-state index >= 15 is 0 Å². The highest BCUT2D eigenvalue weighted by Crippen LogP contribution is 2.25. The predicted molar refractivity (Wildman–Crippen MR) is 127 cm³/mol. The molecule has 0 bridgehead atoms. The highest BCUT2D eigenvalue weighted by molar-refractivity contribution is 5.94. The Balaban J connectivity index is 1.50. The van der Waals surface area contributed by atoms with Gasteiger partial charge in [0.2, 0.25) is 0 Å². The second-order valence-electron chi connectivity index (χ2n) is 8.51. The molecule has 1 aliphatic heterocycles. The third kappa shape index (κ3) is 4.62. The van der Waals surface area contributed by atoms with Gasteiger partial charge in [-0.3, -0.25) is 24.3 Å². The molecule has 5 rings (SSSR count). The van der Waals surface area contributed by atoms with Gasteiger partial charge in [0, 0.05) is 67.7 Å². The molecule has 1 atom stereocenters. The van der Waals surface area contributed by atoms with Crippen LogP contribution in [0.2, 0.25) is 0 Å². The van der Waals surface area contributed by atoms with Crippen molar-refractivity contribution in [2.24, 2.45) is 7.05 Å². The molecule has 8 heteroatoms. The van der Waals surface area contributed by atoms with Crippen molar-refractivity contribution >= 4 is 16.8 Å². The molecular formula is C25H27N7O. The van der Waals surface area contributed by atoms with E-state index in [9.17, 15) is 4.79 Å². The summed E-state index contributed by atoms with van der Waals surface area (Å²) in [7, 11) is 4.02. The van der Waals surface area contributed by atoms with Gasteiger partial charge in [0.25, 0.3) is 5.91 Å². The molecule has 8 nitrogen and oxygen atoms in total. The maximum Gasteiger partial charge on any atom is 0.252 e. The fourth-order valence-corrected chi connectivity index (χ4v) is 4.16. The monoisotopic (exact) mass is 441 g/mol. The van der Waals surface area contributed by atoms with Crippen molar-refractivity contribution in [2.75, 3.05) is 33.2 Å². The molecule has 168 valence electrons. The Morgan fingerprint density at radius 3 is 2.45 bits per heavy atom. The van der Waals surface area contributed by atoms with Gasteiger partial charge in [-0.05, 0) is 31.3 Å². The number of piperazine rings is 1. The molecule has 33 heavy (non-hydrogen) atoms. The minimum Gasteiger partial charge on any atom is -0.331 e. The SMILES string of the molecule is CN1CCN(C(NC(=O)c2ccccc2)c2cc3cc(-c4cnn(C)c4)cnc3cn2)CC1. The average molecular weight is 442 g/mol. The van der Waals surface area contributed by atoms with Crippen LogP contribution in [0, 0.1) is 0 Å². The number of carbonyl (C=O) groups is 1. The molecule has 1 aliphatic rings. The van der Waals surface area contributed by atoms with Crippen LogP contribution in [0.15, 0.2) is 67.3 Å². The number of nitrogens with one attached hydrogen (secondary N) is 1. The topological polar surface area (TPSA) is 79.2 Å². The van der Waals surface area contributed by atoms with E-state index in [1.807, 2.05) is 62.0 Å².